The highest BCUT2D eigenvalue weighted by Gasteiger charge is 2.36. The molecule has 2 atom stereocenters. The highest BCUT2D eigenvalue weighted by Crippen LogP contribution is 2.44. The van der Waals surface area contributed by atoms with Crippen LogP contribution in [0.1, 0.15) is 42.9 Å². The monoisotopic (exact) mass is 222 g/mol. The molecule has 2 rings (SSSR count). The third-order valence-electron chi connectivity index (χ3n) is 3.72. The van der Waals surface area contributed by atoms with Gasteiger partial charge in [0.1, 0.15) is 0 Å². The van der Waals surface area contributed by atoms with Crippen LogP contribution >= 0.6 is 11.6 Å². The molecule has 0 N–H and O–H groups in total. The van der Waals surface area contributed by atoms with E-state index in [4.69, 9.17) is 11.6 Å². The van der Waals surface area contributed by atoms with Gasteiger partial charge in [-0.1, -0.05) is 30.7 Å². The van der Waals surface area contributed by atoms with Crippen molar-refractivity contribution in [3.05, 3.63) is 34.9 Å². The van der Waals surface area contributed by atoms with Crippen LogP contribution in [-0.2, 0) is 5.41 Å². The topological polar surface area (TPSA) is 0 Å². The van der Waals surface area contributed by atoms with E-state index in [1.807, 2.05) is 0 Å². The van der Waals surface area contributed by atoms with E-state index in [1.165, 1.54) is 23.1 Å². The minimum absolute atomic E-state index is 0.308. The van der Waals surface area contributed by atoms with Gasteiger partial charge in [-0.15, -0.1) is 11.6 Å². The molecule has 82 valence electrons. The van der Waals surface area contributed by atoms with Crippen LogP contribution in [0, 0.1) is 13.8 Å². The molecule has 0 spiro atoms. The molecule has 0 heterocycles. The zero-order valence-corrected chi connectivity index (χ0v) is 10.6. The predicted molar refractivity (Wildman–Crippen MR) is 66.8 cm³/mol. The lowest BCUT2D eigenvalue weighted by atomic mass is 9.78. The quantitative estimate of drug-likeness (QED) is 0.620. The molecule has 1 aliphatic carbocycles. The van der Waals surface area contributed by atoms with E-state index in [0.29, 0.717) is 10.8 Å². The third kappa shape index (κ3) is 2.06. The molecule has 1 aromatic carbocycles. The Morgan fingerprint density at radius 1 is 1.33 bits per heavy atom. The van der Waals surface area contributed by atoms with Gasteiger partial charge >= 0.3 is 0 Å². The Bertz CT molecular complexity index is 370. The molecule has 1 aromatic rings. The number of rotatable bonds is 1. The van der Waals surface area contributed by atoms with Gasteiger partial charge in [-0.3, -0.25) is 0 Å². The lowest BCUT2D eigenvalue weighted by molar-refractivity contribution is 0.489. The van der Waals surface area contributed by atoms with Gasteiger partial charge in [0.05, 0.1) is 0 Å². The fraction of sp³-hybridized carbons (Fsp3) is 0.571. The molecule has 0 saturated heterocycles. The van der Waals surface area contributed by atoms with E-state index in [1.54, 1.807) is 0 Å². The maximum atomic E-state index is 6.24. The van der Waals surface area contributed by atoms with Crippen LogP contribution in [0.15, 0.2) is 18.2 Å². The Kier molecular flexibility index (Phi) is 2.81. The Morgan fingerprint density at radius 3 is 2.67 bits per heavy atom. The van der Waals surface area contributed by atoms with Crippen molar-refractivity contribution in [2.45, 2.75) is 50.8 Å². The first-order valence-electron chi connectivity index (χ1n) is 5.73. The average Bonchev–Trinajstić information content (AvgIpc) is 2.52. The fourth-order valence-electron chi connectivity index (χ4n) is 2.80. The molecule has 0 radical (unpaired) electrons. The summed E-state index contributed by atoms with van der Waals surface area (Å²) < 4.78 is 0. The molecule has 0 amide bonds. The predicted octanol–water partition coefficient (Wildman–Crippen LogP) is 4.35. The van der Waals surface area contributed by atoms with Gasteiger partial charge in [0.25, 0.3) is 0 Å². The summed E-state index contributed by atoms with van der Waals surface area (Å²) in [6, 6.07) is 6.76. The summed E-state index contributed by atoms with van der Waals surface area (Å²) >= 11 is 6.24. The number of aryl methyl sites for hydroxylation is 2. The second kappa shape index (κ2) is 3.83. The molecular formula is C14H19Cl. The molecule has 0 bridgehead atoms. The SMILES string of the molecule is Cc1ccc(C)c(C2(C)CCC(Cl)C2)c1. The summed E-state index contributed by atoms with van der Waals surface area (Å²) in [5, 5.41) is 0.370. The zero-order chi connectivity index (χ0) is 11.1. The Labute approximate surface area is 97.6 Å². The van der Waals surface area contributed by atoms with Crippen LogP contribution < -0.4 is 0 Å². The van der Waals surface area contributed by atoms with Crippen LogP contribution in [0.25, 0.3) is 0 Å². The van der Waals surface area contributed by atoms with Crippen molar-refractivity contribution in [2.75, 3.05) is 0 Å². The fourth-order valence-corrected chi connectivity index (χ4v) is 3.25. The van der Waals surface area contributed by atoms with Crippen LogP contribution in [-0.4, -0.2) is 5.38 Å². The number of hydrogen-bond acceptors (Lipinski definition) is 0. The van der Waals surface area contributed by atoms with E-state index in [2.05, 4.69) is 39.0 Å². The molecule has 1 fully saturated rings. The lowest BCUT2D eigenvalue weighted by Crippen LogP contribution is -2.19. The van der Waals surface area contributed by atoms with Crippen molar-refractivity contribution in [1.82, 2.24) is 0 Å². The number of benzene rings is 1. The van der Waals surface area contributed by atoms with E-state index in [9.17, 15) is 0 Å². The van der Waals surface area contributed by atoms with E-state index in [0.717, 1.165) is 12.8 Å². The summed E-state index contributed by atoms with van der Waals surface area (Å²) in [6.07, 6.45) is 3.51. The molecule has 1 heteroatoms. The van der Waals surface area contributed by atoms with Crippen LogP contribution in [0.4, 0.5) is 0 Å². The summed E-state index contributed by atoms with van der Waals surface area (Å²) in [5.41, 5.74) is 4.58. The maximum absolute atomic E-state index is 6.24. The van der Waals surface area contributed by atoms with E-state index in [-0.39, 0.29) is 0 Å². The van der Waals surface area contributed by atoms with Crippen molar-refractivity contribution < 1.29 is 0 Å². The second-order valence-electron chi connectivity index (χ2n) is 5.22. The van der Waals surface area contributed by atoms with E-state index < -0.39 is 0 Å². The molecule has 0 aromatic heterocycles. The number of halogens is 1. The minimum Gasteiger partial charge on any atom is -0.123 e. The van der Waals surface area contributed by atoms with Gasteiger partial charge in [-0.2, -0.15) is 0 Å². The van der Waals surface area contributed by atoms with Gasteiger partial charge in [0.15, 0.2) is 0 Å². The molecule has 0 aliphatic heterocycles. The minimum atomic E-state index is 0.308. The Morgan fingerprint density at radius 2 is 2.07 bits per heavy atom. The summed E-state index contributed by atoms with van der Waals surface area (Å²) in [6.45, 7) is 6.73. The molecule has 1 aliphatic rings. The Hall–Kier alpha value is -0.490. The highest BCUT2D eigenvalue weighted by molar-refractivity contribution is 6.20. The summed E-state index contributed by atoms with van der Waals surface area (Å²) in [7, 11) is 0. The van der Waals surface area contributed by atoms with Crippen molar-refractivity contribution in [2.24, 2.45) is 0 Å². The standard InChI is InChI=1S/C14H19Cl/c1-10-4-5-11(2)13(8-10)14(3)7-6-12(15)9-14/h4-5,8,12H,6-7,9H2,1-3H3. The normalized spacial score (nSPS) is 30.8. The molecule has 0 nitrogen and oxygen atoms in total. The van der Waals surface area contributed by atoms with Gasteiger partial charge < -0.3 is 0 Å². The smallest absolute Gasteiger partial charge is 0.0344 e. The highest BCUT2D eigenvalue weighted by atomic mass is 35.5. The maximum Gasteiger partial charge on any atom is 0.0344 e. The molecule has 2 unspecified atom stereocenters. The molecule has 15 heavy (non-hydrogen) atoms. The van der Waals surface area contributed by atoms with Crippen LogP contribution in [0.5, 0.6) is 0 Å². The van der Waals surface area contributed by atoms with Crippen molar-refractivity contribution in [3.63, 3.8) is 0 Å². The van der Waals surface area contributed by atoms with Gasteiger partial charge in [0, 0.05) is 5.38 Å². The summed E-state index contributed by atoms with van der Waals surface area (Å²) in [5.74, 6) is 0. The van der Waals surface area contributed by atoms with Crippen molar-refractivity contribution >= 4 is 11.6 Å². The molecule has 1 saturated carbocycles. The van der Waals surface area contributed by atoms with Gasteiger partial charge in [-0.05, 0) is 49.7 Å². The van der Waals surface area contributed by atoms with Crippen molar-refractivity contribution in [3.8, 4) is 0 Å². The largest absolute Gasteiger partial charge is 0.123 e. The first-order valence-corrected chi connectivity index (χ1v) is 6.17. The van der Waals surface area contributed by atoms with E-state index >= 15 is 0 Å². The van der Waals surface area contributed by atoms with Gasteiger partial charge in [-0.25, -0.2) is 0 Å². The third-order valence-corrected chi connectivity index (χ3v) is 4.10. The zero-order valence-electron chi connectivity index (χ0n) is 9.81. The van der Waals surface area contributed by atoms with Gasteiger partial charge in [0.2, 0.25) is 0 Å². The Balaban J connectivity index is 2.40. The lowest BCUT2D eigenvalue weighted by Gasteiger charge is -2.26. The first kappa shape index (κ1) is 11.0. The second-order valence-corrected chi connectivity index (χ2v) is 5.84. The number of alkyl halides is 1. The first-order chi connectivity index (χ1) is 7.01. The summed E-state index contributed by atoms with van der Waals surface area (Å²) in [4.78, 5) is 0. The molecular weight excluding hydrogens is 204 g/mol. The number of hydrogen-bond donors (Lipinski definition) is 0. The van der Waals surface area contributed by atoms with Crippen LogP contribution in [0.2, 0.25) is 0 Å². The van der Waals surface area contributed by atoms with Crippen molar-refractivity contribution in [1.29, 1.82) is 0 Å². The van der Waals surface area contributed by atoms with Crippen LogP contribution in [0.3, 0.4) is 0 Å². The average molecular weight is 223 g/mol.